The Morgan fingerprint density at radius 2 is 2.08 bits per heavy atom. The fraction of sp³-hybridized carbons (Fsp3) is 0.444. The highest BCUT2D eigenvalue weighted by Gasteiger charge is 2.20. The van der Waals surface area contributed by atoms with Crippen molar-refractivity contribution in [1.82, 2.24) is 14.6 Å². The Morgan fingerprint density at radius 3 is 2.88 bits per heavy atom. The molecule has 1 atom stereocenters. The van der Waals surface area contributed by atoms with Gasteiger partial charge in [-0.1, -0.05) is 23.8 Å². The molecule has 0 aromatic carbocycles. The quantitative estimate of drug-likeness (QED) is 0.893. The third-order valence-electron chi connectivity index (χ3n) is 4.95. The van der Waals surface area contributed by atoms with E-state index in [1.54, 1.807) is 0 Å². The first-order valence-electron chi connectivity index (χ1n) is 8.59. The minimum absolute atomic E-state index is 0.232. The van der Waals surface area contributed by atoms with E-state index in [0.29, 0.717) is 12.1 Å². The van der Waals surface area contributed by atoms with Crippen LogP contribution >= 0.6 is 11.6 Å². The second-order valence-corrected chi connectivity index (χ2v) is 7.17. The topological polar surface area (TPSA) is 68.2 Å². The van der Waals surface area contributed by atoms with Crippen LogP contribution in [0.3, 0.4) is 0 Å². The molecule has 4 rings (SSSR count). The summed E-state index contributed by atoms with van der Waals surface area (Å²) >= 11 is 6.16. The van der Waals surface area contributed by atoms with Crippen LogP contribution in [-0.4, -0.2) is 26.7 Å². The number of aromatic nitrogens is 3. The van der Waals surface area contributed by atoms with Crippen LogP contribution in [0.5, 0.6) is 0 Å². The molecule has 24 heavy (non-hydrogen) atoms. The van der Waals surface area contributed by atoms with Gasteiger partial charge in [0.05, 0.1) is 6.20 Å². The van der Waals surface area contributed by atoms with Crippen molar-refractivity contribution >= 4 is 23.1 Å². The maximum absolute atomic E-state index is 6.16. The van der Waals surface area contributed by atoms with Crippen LogP contribution in [0, 0.1) is 0 Å². The molecule has 3 N–H and O–H groups in total. The Morgan fingerprint density at radius 1 is 1.25 bits per heavy atom. The van der Waals surface area contributed by atoms with E-state index < -0.39 is 0 Å². The molecule has 2 aliphatic rings. The number of nitrogens with one attached hydrogen (secondary N) is 1. The van der Waals surface area contributed by atoms with Gasteiger partial charge >= 0.3 is 0 Å². The van der Waals surface area contributed by atoms with Crippen LogP contribution < -0.4 is 11.1 Å². The van der Waals surface area contributed by atoms with Crippen molar-refractivity contribution in [2.45, 2.75) is 50.1 Å². The number of allylic oxidation sites excluding steroid dienone is 4. The van der Waals surface area contributed by atoms with Gasteiger partial charge in [-0.2, -0.15) is 5.10 Å². The molecule has 1 fully saturated rings. The molecule has 0 bridgehead atoms. The minimum Gasteiger partial charge on any atom is -0.367 e. The molecule has 126 valence electrons. The highest BCUT2D eigenvalue weighted by Crippen LogP contribution is 2.31. The Kier molecular flexibility index (Phi) is 4.29. The van der Waals surface area contributed by atoms with Crippen molar-refractivity contribution in [2.24, 2.45) is 5.73 Å². The normalized spacial score (nSPS) is 27.2. The number of halogens is 1. The lowest BCUT2D eigenvalue weighted by Crippen LogP contribution is -2.33. The van der Waals surface area contributed by atoms with Crippen LogP contribution in [0.1, 0.15) is 43.6 Å². The fourth-order valence-electron chi connectivity index (χ4n) is 3.56. The zero-order chi connectivity index (χ0) is 16.5. The van der Waals surface area contributed by atoms with E-state index >= 15 is 0 Å². The molecule has 1 unspecified atom stereocenters. The second-order valence-electron chi connectivity index (χ2n) is 6.73. The van der Waals surface area contributed by atoms with Gasteiger partial charge in [0.2, 0.25) is 0 Å². The average molecular weight is 344 g/mol. The lowest BCUT2D eigenvalue weighted by Gasteiger charge is -2.27. The molecule has 2 aliphatic carbocycles. The van der Waals surface area contributed by atoms with Gasteiger partial charge in [0.25, 0.3) is 0 Å². The van der Waals surface area contributed by atoms with Gasteiger partial charge in [-0.3, -0.25) is 0 Å². The van der Waals surface area contributed by atoms with E-state index in [1.165, 1.54) is 0 Å². The van der Waals surface area contributed by atoms with Crippen molar-refractivity contribution in [3.63, 3.8) is 0 Å². The van der Waals surface area contributed by atoms with E-state index in [-0.39, 0.29) is 5.92 Å². The Bertz CT molecular complexity index is 786. The number of fused-ring (bicyclic) bond motifs is 1. The predicted octanol–water partition coefficient (Wildman–Crippen LogP) is 3.58. The first kappa shape index (κ1) is 15.7. The van der Waals surface area contributed by atoms with E-state index in [2.05, 4.69) is 22.6 Å². The summed E-state index contributed by atoms with van der Waals surface area (Å²) in [5.41, 5.74) is 8.00. The molecule has 1 saturated carbocycles. The molecule has 6 heteroatoms. The first-order chi connectivity index (χ1) is 11.7. The van der Waals surface area contributed by atoms with Crippen molar-refractivity contribution in [2.75, 3.05) is 5.32 Å². The SMILES string of the molecule is N[C@H]1CC[C@H](Nc2ccn3ncc(C4C=C(Cl)C=CC4)c3n2)CC1. The summed E-state index contributed by atoms with van der Waals surface area (Å²) in [5.74, 6) is 1.14. The summed E-state index contributed by atoms with van der Waals surface area (Å²) < 4.78 is 1.83. The molecule has 0 saturated heterocycles. The zero-order valence-corrected chi connectivity index (χ0v) is 14.3. The van der Waals surface area contributed by atoms with E-state index in [4.69, 9.17) is 22.3 Å². The Balaban J connectivity index is 1.58. The molecule has 0 radical (unpaired) electrons. The summed E-state index contributed by atoms with van der Waals surface area (Å²) in [6.45, 7) is 0. The van der Waals surface area contributed by atoms with E-state index in [9.17, 15) is 0 Å². The highest BCUT2D eigenvalue weighted by atomic mass is 35.5. The standard InChI is InChI=1S/C18H22ClN5/c19-13-3-1-2-12(10-13)16-11-21-24-9-8-17(23-18(16)24)22-15-6-4-14(20)5-7-15/h1,3,8-12,14-15H,2,4-7,20H2,(H,22,23)/t12?,14-,15-. The monoisotopic (exact) mass is 343 g/mol. The Labute approximate surface area is 146 Å². The maximum atomic E-state index is 6.16. The van der Waals surface area contributed by atoms with Gasteiger partial charge in [0.1, 0.15) is 5.82 Å². The number of nitrogens with two attached hydrogens (primary N) is 1. The maximum Gasteiger partial charge on any atom is 0.161 e. The van der Waals surface area contributed by atoms with Crippen LogP contribution in [0.15, 0.2) is 41.7 Å². The first-order valence-corrected chi connectivity index (χ1v) is 8.97. The Hall–Kier alpha value is -1.85. The van der Waals surface area contributed by atoms with Crippen LogP contribution in [-0.2, 0) is 0 Å². The van der Waals surface area contributed by atoms with Crippen LogP contribution in [0.2, 0.25) is 0 Å². The van der Waals surface area contributed by atoms with E-state index in [0.717, 1.165) is 54.2 Å². The molecule has 5 nitrogen and oxygen atoms in total. The molecule has 0 aliphatic heterocycles. The molecule has 2 aromatic rings. The van der Waals surface area contributed by atoms with Crippen molar-refractivity contribution < 1.29 is 0 Å². The van der Waals surface area contributed by atoms with E-state index in [1.807, 2.05) is 29.1 Å². The van der Waals surface area contributed by atoms with Gasteiger partial charge in [0.15, 0.2) is 5.65 Å². The molecular formula is C18H22ClN5. The number of hydrogen-bond donors (Lipinski definition) is 2. The summed E-state index contributed by atoms with van der Waals surface area (Å²) in [6.07, 6.45) is 15.3. The lowest BCUT2D eigenvalue weighted by molar-refractivity contribution is 0.410. The van der Waals surface area contributed by atoms with Gasteiger partial charge in [0, 0.05) is 34.8 Å². The van der Waals surface area contributed by atoms with Crippen molar-refractivity contribution in [3.8, 4) is 0 Å². The molecule has 2 heterocycles. The smallest absolute Gasteiger partial charge is 0.161 e. The number of nitrogens with zero attached hydrogens (tertiary/aromatic N) is 3. The molecule has 0 amide bonds. The average Bonchev–Trinajstić information content (AvgIpc) is 3.00. The van der Waals surface area contributed by atoms with Gasteiger partial charge in [-0.15, -0.1) is 0 Å². The lowest BCUT2D eigenvalue weighted by atomic mass is 9.92. The van der Waals surface area contributed by atoms with Crippen molar-refractivity contribution in [3.05, 3.63) is 47.3 Å². The summed E-state index contributed by atoms with van der Waals surface area (Å²) in [7, 11) is 0. The highest BCUT2D eigenvalue weighted by molar-refractivity contribution is 6.31. The fourth-order valence-corrected chi connectivity index (χ4v) is 3.80. The summed E-state index contributed by atoms with van der Waals surface area (Å²) in [6, 6.07) is 2.80. The minimum atomic E-state index is 0.232. The predicted molar refractivity (Wildman–Crippen MR) is 97.3 cm³/mol. The van der Waals surface area contributed by atoms with Gasteiger partial charge in [-0.05, 0) is 44.2 Å². The van der Waals surface area contributed by atoms with Gasteiger partial charge in [-0.25, -0.2) is 9.50 Å². The van der Waals surface area contributed by atoms with Crippen molar-refractivity contribution in [1.29, 1.82) is 0 Å². The third kappa shape index (κ3) is 3.19. The number of rotatable bonds is 3. The van der Waals surface area contributed by atoms with Gasteiger partial charge < -0.3 is 11.1 Å². The number of anilines is 1. The molecular weight excluding hydrogens is 322 g/mol. The van der Waals surface area contributed by atoms with Crippen LogP contribution in [0.25, 0.3) is 5.65 Å². The number of hydrogen-bond acceptors (Lipinski definition) is 4. The molecule has 2 aromatic heterocycles. The molecule has 0 spiro atoms. The largest absolute Gasteiger partial charge is 0.367 e. The van der Waals surface area contributed by atoms with Crippen LogP contribution in [0.4, 0.5) is 5.82 Å². The second kappa shape index (κ2) is 6.57. The zero-order valence-electron chi connectivity index (χ0n) is 13.5. The summed E-state index contributed by atoms with van der Waals surface area (Å²) in [5, 5.41) is 8.77. The summed E-state index contributed by atoms with van der Waals surface area (Å²) in [4.78, 5) is 4.81. The third-order valence-corrected chi connectivity index (χ3v) is 5.20.